The fourth-order valence-electron chi connectivity index (χ4n) is 3.49. The van der Waals surface area contributed by atoms with Gasteiger partial charge in [-0.3, -0.25) is 24.0 Å². The van der Waals surface area contributed by atoms with Crippen molar-refractivity contribution in [3.63, 3.8) is 0 Å². The molecule has 15 heteroatoms. The number of carbonyl (C=O) groups excluding carboxylic acids is 4. The van der Waals surface area contributed by atoms with Gasteiger partial charge in [0, 0.05) is 24.7 Å². The number of carboxylic acid groups (broad SMARTS) is 2. The Bertz CT molecular complexity index is 930. The number of imidazole rings is 1. The molecule has 192 valence electrons. The molecule has 0 bridgehead atoms. The van der Waals surface area contributed by atoms with Gasteiger partial charge in [-0.2, -0.15) is 0 Å². The van der Waals surface area contributed by atoms with E-state index in [0.29, 0.717) is 18.7 Å². The highest BCUT2D eigenvalue weighted by Gasteiger charge is 2.32. The van der Waals surface area contributed by atoms with Crippen molar-refractivity contribution < 1.29 is 39.0 Å². The van der Waals surface area contributed by atoms with Crippen LogP contribution in [0.4, 0.5) is 0 Å². The van der Waals surface area contributed by atoms with Crippen LogP contribution in [-0.2, 0) is 35.2 Å². The topological polar surface area (TPSA) is 246 Å². The first-order chi connectivity index (χ1) is 16.6. The maximum Gasteiger partial charge on any atom is 0.326 e. The van der Waals surface area contributed by atoms with Crippen molar-refractivity contribution in [3.05, 3.63) is 18.2 Å². The van der Waals surface area contributed by atoms with Gasteiger partial charge in [0.2, 0.25) is 23.6 Å². The van der Waals surface area contributed by atoms with Crippen molar-refractivity contribution in [1.82, 2.24) is 31.2 Å². The lowest BCUT2D eigenvalue weighted by atomic mass is 10.1. The number of aromatic nitrogens is 2. The molecule has 0 aromatic carbocycles. The largest absolute Gasteiger partial charge is 0.481 e. The Kier molecular flexibility index (Phi) is 10.1. The zero-order chi connectivity index (χ0) is 26.0. The summed E-state index contributed by atoms with van der Waals surface area (Å²) in [5.41, 5.74) is 5.70. The van der Waals surface area contributed by atoms with E-state index < -0.39 is 79.0 Å². The lowest BCUT2D eigenvalue weighted by Gasteiger charge is -2.24. The quantitative estimate of drug-likeness (QED) is 0.130. The molecule has 4 unspecified atom stereocenters. The van der Waals surface area contributed by atoms with Crippen molar-refractivity contribution in [1.29, 1.82) is 0 Å². The van der Waals surface area contributed by atoms with Gasteiger partial charge in [0.1, 0.15) is 18.1 Å². The van der Waals surface area contributed by atoms with E-state index in [0.717, 1.165) is 6.42 Å². The van der Waals surface area contributed by atoms with Crippen molar-refractivity contribution in [2.24, 2.45) is 5.73 Å². The predicted octanol–water partition coefficient (Wildman–Crippen LogP) is -3.02. The van der Waals surface area contributed by atoms with E-state index >= 15 is 0 Å². The molecule has 1 aliphatic rings. The SMILES string of the molecule is NC(=O)CC(NC(=O)C(Cc1cnc[nH]1)NC(=O)C1CCCN1)C(=O)NC(CCC(=O)O)C(=O)O. The lowest BCUT2D eigenvalue weighted by molar-refractivity contribution is -0.143. The molecule has 2 heterocycles. The molecule has 2 rings (SSSR count). The average Bonchev–Trinajstić information content (AvgIpc) is 3.49. The van der Waals surface area contributed by atoms with Gasteiger partial charge in [0.25, 0.3) is 0 Å². The molecular formula is C20H29N7O8. The van der Waals surface area contributed by atoms with Gasteiger partial charge in [-0.05, 0) is 25.8 Å². The van der Waals surface area contributed by atoms with Crippen LogP contribution >= 0.6 is 0 Å². The van der Waals surface area contributed by atoms with Gasteiger partial charge in [-0.15, -0.1) is 0 Å². The van der Waals surface area contributed by atoms with Crippen molar-refractivity contribution in [2.45, 2.75) is 62.7 Å². The number of carbonyl (C=O) groups is 6. The molecule has 1 aliphatic heterocycles. The molecule has 0 radical (unpaired) electrons. The normalized spacial score (nSPS) is 17.5. The summed E-state index contributed by atoms with van der Waals surface area (Å²) < 4.78 is 0. The summed E-state index contributed by atoms with van der Waals surface area (Å²) in [6.45, 7) is 0.656. The molecule has 0 spiro atoms. The molecule has 1 aromatic heterocycles. The first-order valence-electron chi connectivity index (χ1n) is 10.9. The van der Waals surface area contributed by atoms with Crippen LogP contribution in [0.5, 0.6) is 0 Å². The molecule has 9 N–H and O–H groups in total. The number of primary amides is 1. The van der Waals surface area contributed by atoms with Crippen molar-refractivity contribution in [2.75, 3.05) is 6.54 Å². The molecular weight excluding hydrogens is 466 g/mol. The Morgan fingerprint density at radius 2 is 1.74 bits per heavy atom. The summed E-state index contributed by atoms with van der Waals surface area (Å²) in [7, 11) is 0. The summed E-state index contributed by atoms with van der Waals surface area (Å²) in [5, 5.41) is 28.1. The second-order valence-corrected chi connectivity index (χ2v) is 8.05. The number of nitrogens with one attached hydrogen (secondary N) is 5. The number of H-pyrrole nitrogens is 1. The van der Waals surface area contributed by atoms with Gasteiger partial charge < -0.3 is 42.2 Å². The molecule has 35 heavy (non-hydrogen) atoms. The lowest BCUT2D eigenvalue weighted by Crippen LogP contribution is -2.58. The van der Waals surface area contributed by atoms with Crippen molar-refractivity contribution in [3.8, 4) is 0 Å². The zero-order valence-corrected chi connectivity index (χ0v) is 18.8. The Balaban J connectivity index is 2.14. The maximum atomic E-state index is 13.0. The van der Waals surface area contributed by atoms with Crippen LogP contribution < -0.4 is 27.0 Å². The molecule has 1 fully saturated rings. The van der Waals surface area contributed by atoms with E-state index in [1.165, 1.54) is 12.5 Å². The Hall–Kier alpha value is -4.01. The maximum absolute atomic E-state index is 13.0. The molecule has 15 nitrogen and oxygen atoms in total. The zero-order valence-electron chi connectivity index (χ0n) is 18.8. The fraction of sp³-hybridized carbons (Fsp3) is 0.550. The van der Waals surface area contributed by atoms with Crippen molar-refractivity contribution >= 4 is 35.6 Å². The van der Waals surface area contributed by atoms with E-state index in [9.17, 15) is 33.9 Å². The smallest absolute Gasteiger partial charge is 0.326 e. The first-order valence-corrected chi connectivity index (χ1v) is 10.9. The first kappa shape index (κ1) is 27.2. The van der Waals surface area contributed by atoms with Crippen LogP contribution in [0.1, 0.15) is 37.8 Å². The van der Waals surface area contributed by atoms with Crippen LogP contribution in [0.15, 0.2) is 12.5 Å². The van der Waals surface area contributed by atoms with Gasteiger partial charge in [0.15, 0.2) is 0 Å². The minimum Gasteiger partial charge on any atom is -0.481 e. The van der Waals surface area contributed by atoms with E-state index in [-0.39, 0.29) is 6.42 Å². The highest BCUT2D eigenvalue weighted by Crippen LogP contribution is 2.08. The molecule has 1 saturated heterocycles. The van der Waals surface area contributed by atoms with E-state index in [1.807, 2.05) is 0 Å². The Labute approximate surface area is 199 Å². The van der Waals surface area contributed by atoms with E-state index in [4.69, 9.17) is 10.8 Å². The third-order valence-electron chi connectivity index (χ3n) is 5.29. The third-order valence-corrected chi connectivity index (χ3v) is 5.29. The van der Waals surface area contributed by atoms with Crippen LogP contribution in [0.25, 0.3) is 0 Å². The second kappa shape index (κ2) is 13.0. The van der Waals surface area contributed by atoms with Gasteiger partial charge in [0.05, 0.1) is 18.8 Å². The summed E-state index contributed by atoms with van der Waals surface area (Å²) >= 11 is 0. The number of hydrogen-bond donors (Lipinski definition) is 8. The van der Waals surface area contributed by atoms with Crippen LogP contribution in [0.2, 0.25) is 0 Å². The molecule has 4 amide bonds. The summed E-state index contributed by atoms with van der Waals surface area (Å²) in [4.78, 5) is 78.7. The number of amides is 4. The number of hydrogen-bond acceptors (Lipinski definition) is 8. The number of carboxylic acids is 2. The standard InChI is InChI=1S/C20H29N7O8/c21-15(28)7-14(19(33)25-12(20(34)35)3-4-16(29)30)27-18(32)13(6-10-8-22-9-24-10)26-17(31)11-2-1-5-23-11/h8-9,11-14,23H,1-7H2,(H2,21,28)(H,22,24)(H,25,33)(H,26,31)(H,27,32)(H,29,30)(H,34,35). The fourth-order valence-corrected chi connectivity index (χ4v) is 3.49. The molecule has 0 aliphatic carbocycles. The Morgan fingerprint density at radius 1 is 1.06 bits per heavy atom. The highest BCUT2D eigenvalue weighted by molar-refractivity contribution is 5.96. The van der Waals surface area contributed by atoms with Gasteiger partial charge >= 0.3 is 11.9 Å². The van der Waals surface area contributed by atoms with Crippen LogP contribution in [0.3, 0.4) is 0 Å². The van der Waals surface area contributed by atoms with Gasteiger partial charge in [-0.1, -0.05) is 0 Å². The molecule has 1 aromatic rings. The molecule has 4 atom stereocenters. The highest BCUT2D eigenvalue weighted by atomic mass is 16.4. The number of aliphatic carboxylic acids is 2. The van der Waals surface area contributed by atoms with E-state index in [1.54, 1.807) is 0 Å². The number of nitrogens with two attached hydrogens (primary N) is 1. The third kappa shape index (κ3) is 9.04. The summed E-state index contributed by atoms with van der Waals surface area (Å²) in [6, 6.07) is -4.77. The average molecular weight is 495 g/mol. The minimum atomic E-state index is -1.57. The molecule has 0 saturated carbocycles. The van der Waals surface area contributed by atoms with Crippen LogP contribution in [0, 0.1) is 0 Å². The van der Waals surface area contributed by atoms with E-state index in [2.05, 4.69) is 31.2 Å². The summed E-state index contributed by atoms with van der Waals surface area (Å²) in [6.07, 6.45) is 2.61. The number of rotatable bonds is 14. The Morgan fingerprint density at radius 3 is 2.29 bits per heavy atom. The monoisotopic (exact) mass is 495 g/mol. The number of nitrogens with zero attached hydrogens (tertiary/aromatic N) is 1. The number of aromatic amines is 1. The van der Waals surface area contributed by atoms with Gasteiger partial charge in [-0.25, -0.2) is 9.78 Å². The summed E-state index contributed by atoms with van der Waals surface area (Å²) in [5.74, 6) is -5.98. The van der Waals surface area contributed by atoms with Crippen LogP contribution in [-0.4, -0.2) is 86.5 Å². The minimum absolute atomic E-state index is 0.00837. The predicted molar refractivity (Wildman–Crippen MR) is 117 cm³/mol. The second-order valence-electron chi connectivity index (χ2n) is 8.05.